The Labute approximate surface area is 181 Å². The van der Waals surface area contributed by atoms with E-state index in [1.54, 1.807) is 24.3 Å². The Bertz CT molecular complexity index is 1090. The highest BCUT2D eigenvalue weighted by Crippen LogP contribution is 2.45. The number of carbonyl (C=O) groups is 1. The van der Waals surface area contributed by atoms with Gasteiger partial charge in [0.1, 0.15) is 5.75 Å². The summed E-state index contributed by atoms with van der Waals surface area (Å²) < 4.78 is 6.33. The monoisotopic (exact) mass is 417 g/mol. The lowest BCUT2D eigenvalue weighted by molar-refractivity contribution is 0.100. The van der Waals surface area contributed by atoms with Crippen LogP contribution in [0.2, 0.25) is 0 Å². The summed E-state index contributed by atoms with van der Waals surface area (Å²) in [7, 11) is 0. The smallest absolute Gasteiger partial charge is 0.248 e. The summed E-state index contributed by atoms with van der Waals surface area (Å²) in [6.45, 7) is 2.91. The van der Waals surface area contributed by atoms with E-state index in [1.165, 1.54) is 18.4 Å². The van der Waals surface area contributed by atoms with E-state index >= 15 is 0 Å². The van der Waals surface area contributed by atoms with Crippen molar-refractivity contribution in [1.82, 2.24) is 15.3 Å². The van der Waals surface area contributed by atoms with E-state index in [-0.39, 0.29) is 0 Å². The van der Waals surface area contributed by atoms with Crippen LogP contribution in [0.25, 0.3) is 10.9 Å². The second-order valence-corrected chi connectivity index (χ2v) is 8.49. The summed E-state index contributed by atoms with van der Waals surface area (Å²) in [6.07, 6.45) is 6.62. The van der Waals surface area contributed by atoms with Gasteiger partial charge in [0.2, 0.25) is 11.9 Å². The lowest BCUT2D eigenvalue weighted by Gasteiger charge is -2.23. The Morgan fingerprint density at radius 2 is 1.90 bits per heavy atom. The molecule has 1 amide bonds. The molecule has 1 saturated carbocycles. The number of anilines is 2. The molecule has 160 valence electrons. The molecule has 2 aromatic carbocycles. The van der Waals surface area contributed by atoms with Crippen molar-refractivity contribution in [2.24, 2.45) is 11.7 Å². The first kappa shape index (κ1) is 19.8. The van der Waals surface area contributed by atoms with Crippen LogP contribution in [0, 0.1) is 5.92 Å². The van der Waals surface area contributed by atoms with Crippen molar-refractivity contribution in [2.75, 3.05) is 25.0 Å². The normalized spacial score (nSPS) is 16.9. The fourth-order valence-corrected chi connectivity index (χ4v) is 4.08. The summed E-state index contributed by atoms with van der Waals surface area (Å²) in [5.74, 6) is 2.22. The quantitative estimate of drug-likeness (QED) is 0.541. The Morgan fingerprint density at radius 1 is 1.13 bits per heavy atom. The third kappa shape index (κ3) is 4.61. The molecule has 0 unspecified atom stereocenters. The number of rotatable bonds is 7. The molecule has 0 atom stereocenters. The Morgan fingerprint density at radius 3 is 2.61 bits per heavy atom. The molecule has 3 aromatic rings. The molecule has 1 aliphatic carbocycles. The third-order valence-electron chi connectivity index (χ3n) is 6.09. The lowest BCUT2D eigenvalue weighted by Crippen LogP contribution is -2.30. The SMILES string of the molecule is NC(=O)c1ccc(Nc2ncc3cc(C4CC4)c(OCC4CCNCC4)cc3n2)cc1. The minimum atomic E-state index is -0.447. The lowest BCUT2D eigenvalue weighted by atomic mass is 9.99. The Balaban J connectivity index is 1.37. The van der Waals surface area contributed by atoms with E-state index in [0.717, 1.165) is 54.9 Å². The number of piperidine rings is 1. The maximum Gasteiger partial charge on any atom is 0.248 e. The van der Waals surface area contributed by atoms with Gasteiger partial charge in [0.15, 0.2) is 0 Å². The van der Waals surface area contributed by atoms with Crippen LogP contribution in [0.15, 0.2) is 42.6 Å². The van der Waals surface area contributed by atoms with Gasteiger partial charge in [0.05, 0.1) is 12.1 Å². The van der Waals surface area contributed by atoms with Crippen molar-refractivity contribution in [3.8, 4) is 5.75 Å². The average Bonchev–Trinajstić information content (AvgIpc) is 3.63. The number of nitrogens with one attached hydrogen (secondary N) is 2. The molecule has 2 fully saturated rings. The van der Waals surface area contributed by atoms with Gasteiger partial charge in [0, 0.05) is 28.9 Å². The van der Waals surface area contributed by atoms with Gasteiger partial charge in [0.25, 0.3) is 0 Å². The Kier molecular flexibility index (Phi) is 5.42. The number of hydrogen-bond acceptors (Lipinski definition) is 6. The minimum absolute atomic E-state index is 0.447. The second kappa shape index (κ2) is 8.51. The van der Waals surface area contributed by atoms with Crippen LogP contribution < -0.4 is 21.1 Å². The van der Waals surface area contributed by atoms with Crippen LogP contribution in [0.4, 0.5) is 11.6 Å². The second-order valence-electron chi connectivity index (χ2n) is 8.49. The van der Waals surface area contributed by atoms with Crippen molar-refractivity contribution in [1.29, 1.82) is 0 Å². The fraction of sp³-hybridized carbons (Fsp3) is 0.375. The third-order valence-corrected chi connectivity index (χ3v) is 6.09. The number of nitrogens with two attached hydrogens (primary N) is 1. The van der Waals surface area contributed by atoms with Gasteiger partial charge in [-0.05, 0) is 86.5 Å². The number of carbonyl (C=O) groups excluding carboxylic acids is 1. The molecule has 7 heteroatoms. The van der Waals surface area contributed by atoms with E-state index in [1.807, 2.05) is 6.20 Å². The van der Waals surface area contributed by atoms with E-state index in [4.69, 9.17) is 15.5 Å². The molecule has 5 rings (SSSR count). The number of hydrogen-bond donors (Lipinski definition) is 3. The zero-order valence-corrected chi connectivity index (χ0v) is 17.4. The van der Waals surface area contributed by atoms with Gasteiger partial charge in [-0.2, -0.15) is 0 Å². The first-order chi connectivity index (χ1) is 15.2. The zero-order valence-electron chi connectivity index (χ0n) is 17.4. The number of ether oxygens (including phenoxy) is 1. The van der Waals surface area contributed by atoms with Crippen LogP contribution in [0.3, 0.4) is 0 Å². The average molecular weight is 418 g/mol. The maximum atomic E-state index is 11.2. The van der Waals surface area contributed by atoms with Crippen molar-refractivity contribution >= 4 is 28.4 Å². The molecule has 0 radical (unpaired) electrons. The van der Waals surface area contributed by atoms with Crippen LogP contribution in [-0.2, 0) is 0 Å². The highest BCUT2D eigenvalue weighted by Gasteiger charge is 2.28. The van der Waals surface area contributed by atoms with Gasteiger partial charge in [-0.25, -0.2) is 9.97 Å². The predicted octanol–water partition coefficient (Wildman–Crippen LogP) is 3.73. The summed E-state index contributed by atoms with van der Waals surface area (Å²) in [6, 6.07) is 11.2. The van der Waals surface area contributed by atoms with Crippen LogP contribution in [0.5, 0.6) is 5.75 Å². The van der Waals surface area contributed by atoms with E-state index in [2.05, 4.69) is 27.8 Å². The van der Waals surface area contributed by atoms with Crippen molar-refractivity contribution in [3.63, 3.8) is 0 Å². The fourth-order valence-electron chi connectivity index (χ4n) is 4.08. The van der Waals surface area contributed by atoms with Gasteiger partial charge in [-0.1, -0.05) is 0 Å². The van der Waals surface area contributed by atoms with Crippen molar-refractivity contribution < 1.29 is 9.53 Å². The molecule has 4 N–H and O–H groups in total. The first-order valence-electron chi connectivity index (χ1n) is 11.0. The molecule has 1 saturated heterocycles. The molecule has 2 aliphatic rings. The molecule has 7 nitrogen and oxygen atoms in total. The number of amides is 1. The first-order valence-corrected chi connectivity index (χ1v) is 11.0. The van der Waals surface area contributed by atoms with Crippen molar-refractivity contribution in [3.05, 3.63) is 53.7 Å². The van der Waals surface area contributed by atoms with Gasteiger partial charge in [-0.3, -0.25) is 4.79 Å². The molecule has 2 heterocycles. The number of fused-ring (bicyclic) bond motifs is 1. The highest BCUT2D eigenvalue weighted by molar-refractivity contribution is 5.93. The maximum absolute atomic E-state index is 11.2. The van der Waals surface area contributed by atoms with Crippen LogP contribution in [0.1, 0.15) is 47.5 Å². The molecule has 0 bridgehead atoms. The standard InChI is InChI=1S/C24H27N5O2/c25-23(30)17-3-5-19(6-4-17)28-24-27-13-18-11-20(16-1-2-16)22(12-21(18)29-24)31-14-15-7-9-26-10-8-15/h3-6,11-13,15-16,26H,1-2,7-10,14H2,(H2,25,30)(H,27,28,29). The van der Waals surface area contributed by atoms with E-state index in [0.29, 0.717) is 23.3 Å². The Hall–Kier alpha value is -3.19. The molecular weight excluding hydrogens is 390 g/mol. The number of primary amides is 1. The topological polar surface area (TPSA) is 102 Å². The molecule has 1 aliphatic heterocycles. The number of aromatic nitrogens is 2. The summed E-state index contributed by atoms with van der Waals surface area (Å²) in [5.41, 5.74) is 8.70. The van der Waals surface area contributed by atoms with Crippen molar-refractivity contribution in [2.45, 2.75) is 31.6 Å². The minimum Gasteiger partial charge on any atom is -0.493 e. The molecule has 1 aromatic heterocycles. The van der Waals surface area contributed by atoms with E-state index < -0.39 is 5.91 Å². The molecule has 0 spiro atoms. The number of benzene rings is 2. The molecular formula is C24H27N5O2. The van der Waals surface area contributed by atoms with Crippen LogP contribution in [-0.4, -0.2) is 35.6 Å². The van der Waals surface area contributed by atoms with Gasteiger partial charge >= 0.3 is 0 Å². The summed E-state index contributed by atoms with van der Waals surface area (Å²) in [5, 5.41) is 7.62. The van der Waals surface area contributed by atoms with E-state index in [9.17, 15) is 4.79 Å². The largest absolute Gasteiger partial charge is 0.493 e. The predicted molar refractivity (Wildman–Crippen MR) is 121 cm³/mol. The number of nitrogens with zero attached hydrogens (tertiary/aromatic N) is 2. The van der Waals surface area contributed by atoms with Crippen LogP contribution >= 0.6 is 0 Å². The van der Waals surface area contributed by atoms with Gasteiger partial charge < -0.3 is 21.1 Å². The highest BCUT2D eigenvalue weighted by atomic mass is 16.5. The summed E-state index contributed by atoms with van der Waals surface area (Å²) >= 11 is 0. The summed E-state index contributed by atoms with van der Waals surface area (Å²) in [4.78, 5) is 20.4. The van der Waals surface area contributed by atoms with Gasteiger partial charge in [-0.15, -0.1) is 0 Å². The zero-order chi connectivity index (χ0) is 21.2. The molecule has 31 heavy (non-hydrogen) atoms.